The highest BCUT2D eigenvalue weighted by Crippen LogP contribution is 2.36. The Morgan fingerprint density at radius 3 is 2.54 bits per heavy atom. The maximum Gasteiger partial charge on any atom is 0.248 e. The fourth-order valence-electron chi connectivity index (χ4n) is 6.53. The first-order chi connectivity index (χ1) is 25.1. The van der Waals surface area contributed by atoms with E-state index in [2.05, 4.69) is 30.6 Å². The van der Waals surface area contributed by atoms with Crippen LogP contribution in [0.25, 0.3) is 11.0 Å². The van der Waals surface area contributed by atoms with Gasteiger partial charge in [0.05, 0.1) is 31.3 Å². The second kappa shape index (κ2) is 15.8. The Labute approximate surface area is 303 Å². The number of anilines is 1. The molecule has 0 fully saturated rings. The summed E-state index contributed by atoms with van der Waals surface area (Å²) in [5.41, 5.74) is 6.73. The van der Waals surface area contributed by atoms with E-state index in [1.54, 1.807) is 18.5 Å². The molecule has 0 aliphatic carbocycles. The topological polar surface area (TPSA) is 186 Å². The maximum absolute atomic E-state index is 14.0. The van der Waals surface area contributed by atoms with Crippen molar-refractivity contribution in [1.82, 2.24) is 34.3 Å². The minimum absolute atomic E-state index is 0.0427. The van der Waals surface area contributed by atoms with Gasteiger partial charge in [-0.15, -0.1) is 5.10 Å². The number of rotatable bonds is 14. The molecule has 0 unspecified atom stereocenters. The number of aryl methyl sites for hydroxylation is 3. The van der Waals surface area contributed by atoms with Crippen LogP contribution in [0.1, 0.15) is 66.0 Å². The molecule has 5 aromatic rings. The smallest absolute Gasteiger partial charge is 0.248 e. The average Bonchev–Trinajstić information content (AvgIpc) is 3.54. The summed E-state index contributed by atoms with van der Waals surface area (Å²) in [5, 5.41) is 30.4. The predicted octanol–water partition coefficient (Wildman–Crippen LogP) is 3.71. The number of nitrogens with zero attached hydrogens (tertiary/aromatic N) is 7. The Kier molecular flexibility index (Phi) is 11.2. The number of carbonyl (C=O) groups excluding carboxylic acids is 1. The van der Waals surface area contributed by atoms with Gasteiger partial charge in [-0.2, -0.15) is 4.31 Å². The van der Waals surface area contributed by atoms with Crippen molar-refractivity contribution < 1.29 is 28.2 Å². The van der Waals surface area contributed by atoms with Crippen molar-refractivity contribution in [3.8, 4) is 5.88 Å². The number of aliphatic hydroxyl groups is 2. The molecule has 0 amide bonds. The molecule has 1 aliphatic rings. The van der Waals surface area contributed by atoms with E-state index in [1.807, 2.05) is 62.7 Å². The Balaban J connectivity index is 1.34. The van der Waals surface area contributed by atoms with Gasteiger partial charge in [0.2, 0.25) is 21.9 Å². The Morgan fingerprint density at radius 2 is 1.83 bits per heavy atom. The number of ether oxygens (including phenoxy) is 1. The summed E-state index contributed by atoms with van der Waals surface area (Å²) in [5.74, 6) is -0.0694. The fourth-order valence-corrected chi connectivity index (χ4v) is 8.05. The van der Waals surface area contributed by atoms with Crippen molar-refractivity contribution in [2.24, 2.45) is 0 Å². The first kappa shape index (κ1) is 36.9. The molecule has 14 nitrogen and oxygen atoms in total. The van der Waals surface area contributed by atoms with Crippen LogP contribution < -0.4 is 10.1 Å². The first-order valence-corrected chi connectivity index (χ1v) is 18.8. The Hall–Kier alpha value is -4.83. The number of hydrogen-bond donors (Lipinski definition) is 3. The van der Waals surface area contributed by atoms with E-state index in [9.17, 15) is 23.4 Å². The number of fused-ring (bicyclic) bond motifs is 2. The summed E-state index contributed by atoms with van der Waals surface area (Å²) in [6.07, 6.45) is 5.11. The van der Waals surface area contributed by atoms with E-state index >= 15 is 0 Å². The summed E-state index contributed by atoms with van der Waals surface area (Å²) in [7, 11) is -3.93. The first-order valence-electron chi connectivity index (χ1n) is 17.4. The van der Waals surface area contributed by atoms with E-state index in [1.165, 1.54) is 16.6 Å². The van der Waals surface area contributed by atoms with Crippen LogP contribution >= 0.6 is 0 Å². The maximum atomic E-state index is 14.0. The van der Waals surface area contributed by atoms with Crippen molar-refractivity contribution in [1.29, 1.82) is 0 Å². The number of carbonyl (C=O) groups is 1. The molecule has 6 rings (SSSR count). The van der Waals surface area contributed by atoms with Crippen LogP contribution in [0.2, 0.25) is 0 Å². The molecule has 0 spiro atoms. The SMILES string of the molecule is CC[C@@H]1CN(Cc2cc([C@H](CC(=O)Cc3cnc(NC(CO)CO)nc3)c3ccc4c(nnn4CC)c3C)ccc2C)S(=O)(=O)c2cccnc2O1. The molecule has 0 saturated carbocycles. The second-order valence-corrected chi connectivity index (χ2v) is 15.0. The lowest BCUT2D eigenvalue weighted by Crippen LogP contribution is -2.36. The summed E-state index contributed by atoms with van der Waals surface area (Å²) in [6, 6.07) is 12.5. The number of nitrogens with one attached hydrogen (secondary N) is 1. The third-order valence-corrected chi connectivity index (χ3v) is 11.4. The highest BCUT2D eigenvalue weighted by atomic mass is 32.2. The highest BCUT2D eigenvalue weighted by molar-refractivity contribution is 7.89. The standard InChI is InChI=1S/C37H44N8O6S/c1-5-30-20-44(52(49,50)34-8-7-13-38-36(34)51-30)19-27-15-26(10-9-23(27)3)32(31-11-12-33-35(24(31)4)42-43-45(33)6-2)16-29(48)14-25-17-39-37(40-18-25)41-28(21-46)22-47/h7-13,15,17-18,28,30,32,46-47H,5-6,14,16,19-22H2,1-4H3,(H,39,40,41)/t30-,32+/m1/s1. The lowest BCUT2D eigenvalue weighted by Gasteiger charge is -2.25. The van der Waals surface area contributed by atoms with E-state index in [0.29, 0.717) is 18.5 Å². The van der Waals surface area contributed by atoms with Gasteiger partial charge in [-0.3, -0.25) is 4.79 Å². The fraction of sp³-hybridized carbons (Fsp3) is 0.405. The minimum Gasteiger partial charge on any atom is -0.472 e. The van der Waals surface area contributed by atoms with E-state index in [-0.39, 0.29) is 73.7 Å². The summed E-state index contributed by atoms with van der Waals surface area (Å²) in [6.45, 7) is 8.29. The van der Waals surface area contributed by atoms with Crippen molar-refractivity contribution in [3.63, 3.8) is 0 Å². The number of Topliss-reactive ketones (excluding diaryl/α,β-unsaturated/α-hetero) is 1. The molecule has 0 saturated heterocycles. The molecule has 2 aromatic carbocycles. The van der Waals surface area contributed by atoms with E-state index in [4.69, 9.17) is 4.74 Å². The van der Waals surface area contributed by atoms with Gasteiger partial charge in [0.1, 0.15) is 22.3 Å². The molecule has 0 radical (unpaired) electrons. The normalized spacial score (nSPS) is 16.3. The predicted molar refractivity (Wildman–Crippen MR) is 194 cm³/mol. The van der Waals surface area contributed by atoms with Crippen molar-refractivity contribution in [3.05, 3.63) is 94.4 Å². The van der Waals surface area contributed by atoms with Gasteiger partial charge in [-0.05, 0) is 78.8 Å². The van der Waals surface area contributed by atoms with Crippen LogP contribution in [-0.4, -0.2) is 90.6 Å². The highest BCUT2D eigenvalue weighted by Gasteiger charge is 2.35. The molecule has 3 aromatic heterocycles. The third-order valence-electron chi connectivity index (χ3n) is 9.59. The minimum atomic E-state index is -3.93. The Bertz CT molecular complexity index is 2150. The monoisotopic (exact) mass is 728 g/mol. The van der Waals surface area contributed by atoms with Gasteiger partial charge in [0.15, 0.2) is 0 Å². The van der Waals surface area contributed by atoms with Crippen LogP contribution in [0.4, 0.5) is 5.95 Å². The zero-order chi connectivity index (χ0) is 37.0. The molecule has 274 valence electrons. The van der Waals surface area contributed by atoms with Gasteiger partial charge < -0.3 is 20.3 Å². The molecule has 15 heteroatoms. The number of aliphatic hydroxyl groups excluding tert-OH is 2. The van der Waals surface area contributed by atoms with Crippen LogP contribution in [-0.2, 0) is 34.3 Å². The number of pyridine rings is 1. The lowest BCUT2D eigenvalue weighted by atomic mass is 9.82. The number of sulfonamides is 1. The number of benzene rings is 2. The summed E-state index contributed by atoms with van der Waals surface area (Å²) < 4.78 is 37.3. The summed E-state index contributed by atoms with van der Waals surface area (Å²) >= 11 is 0. The number of ketones is 1. The molecule has 0 bridgehead atoms. The molecule has 1 aliphatic heterocycles. The van der Waals surface area contributed by atoms with Crippen LogP contribution in [0.15, 0.2) is 66.0 Å². The van der Waals surface area contributed by atoms with Crippen molar-refractivity contribution in [2.75, 3.05) is 25.1 Å². The van der Waals surface area contributed by atoms with Gasteiger partial charge in [-0.1, -0.05) is 36.4 Å². The molecule has 52 heavy (non-hydrogen) atoms. The van der Waals surface area contributed by atoms with Gasteiger partial charge in [0, 0.05) is 50.4 Å². The number of hydrogen-bond acceptors (Lipinski definition) is 12. The van der Waals surface area contributed by atoms with Crippen molar-refractivity contribution >= 4 is 32.8 Å². The molecular formula is C37H44N8O6S. The lowest BCUT2D eigenvalue weighted by molar-refractivity contribution is -0.118. The zero-order valence-electron chi connectivity index (χ0n) is 29.7. The Morgan fingerprint density at radius 1 is 1.06 bits per heavy atom. The second-order valence-electron chi connectivity index (χ2n) is 13.1. The van der Waals surface area contributed by atoms with E-state index in [0.717, 1.165) is 38.9 Å². The van der Waals surface area contributed by atoms with Crippen LogP contribution in [0.3, 0.4) is 0 Å². The molecular weight excluding hydrogens is 685 g/mol. The molecule has 3 N–H and O–H groups in total. The van der Waals surface area contributed by atoms with Crippen LogP contribution in [0, 0.1) is 13.8 Å². The van der Waals surface area contributed by atoms with Crippen molar-refractivity contribution in [2.45, 2.75) is 83.0 Å². The molecule has 2 atom stereocenters. The summed E-state index contributed by atoms with van der Waals surface area (Å²) in [4.78, 5) is 26.6. The third kappa shape index (κ3) is 7.67. The number of aromatic nitrogens is 6. The van der Waals surface area contributed by atoms with E-state index < -0.39 is 16.1 Å². The zero-order valence-corrected chi connectivity index (χ0v) is 30.5. The molecule has 4 heterocycles. The average molecular weight is 729 g/mol. The van der Waals surface area contributed by atoms with Gasteiger partial charge >= 0.3 is 0 Å². The largest absolute Gasteiger partial charge is 0.472 e. The van der Waals surface area contributed by atoms with Gasteiger partial charge in [0.25, 0.3) is 0 Å². The van der Waals surface area contributed by atoms with Crippen LogP contribution in [0.5, 0.6) is 5.88 Å². The quantitative estimate of drug-likeness (QED) is 0.151. The van der Waals surface area contributed by atoms with Gasteiger partial charge in [-0.25, -0.2) is 28.1 Å².